The molecule has 0 fully saturated rings. The summed E-state index contributed by atoms with van der Waals surface area (Å²) in [5, 5.41) is 142. The van der Waals surface area contributed by atoms with Crippen molar-refractivity contribution in [1.82, 2.24) is 0 Å². The highest BCUT2D eigenvalue weighted by atomic mass is 16.4. The zero-order chi connectivity index (χ0) is 107. The first-order valence-electron chi connectivity index (χ1n) is 47.3. The largest absolute Gasteiger partial charge is 0.508 e. The number of benzene rings is 14. The van der Waals surface area contributed by atoms with Gasteiger partial charge in [-0.3, -0.25) is 33.6 Å². The number of aromatic carboxylic acids is 1. The lowest BCUT2D eigenvalue weighted by Crippen LogP contribution is -2.15. The molecule has 0 spiro atoms. The van der Waals surface area contributed by atoms with E-state index in [2.05, 4.69) is 37.2 Å². The Labute approximate surface area is 850 Å². The van der Waals surface area contributed by atoms with E-state index >= 15 is 0 Å². The Bertz CT molecular complexity index is 6760. The number of anilines is 7. The first-order chi connectivity index (χ1) is 69.4. The van der Waals surface area contributed by atoms with E-state index < -0.39 is 5.97 Å². The van der Waals surface area contributed by atoms with Crippen molar-refractivity contribution in [3.63, 3.8) is 0 Å². The summed E-state index contributed by atoms with van der Waals surface area (Å²) in [6.07, 6.45) is 5.83. The summed E-state index contributed by atoms with van der Waals surface area (Å²) in [5.41, 5.74) is 21.7. The first kappa shape index (κ1) is 114. The predicted octanol–water partition coefficient (Wildman–Crippen LogP) is 22.7. The highest BCUT2D eigenvalue weighted by Gasteiger charge is 2.18. The molecule has 0 saturated heterocycles. The Balaban J connectivity index is 0.000000208. The highest BCUT2D eigenvalue weighted by Crippen LogP contribution is 2.32. The van der Waals surface area contributed by atoms with E-state index in [-0.39, 0.29) is 135 Å². The van der Waals surface area contributed by atoms with Crippen LogP contribution in [0, 0.1) is 83.1 Å². The van der Waals surface area contributed by atoms with Gasteiger partial charge in [0.25, 0.3) is 0 Å². The second-order valence-electron chi connectivity index (χ2n) is 35.4. The second-order valence-corrected chi connectivity index (χ2v) is 35.4. The minimum absolute atomic E-state index is 0.00805. The number of carboxylic acids is 1. The fourth-order valence-electron chi connectivity index (χ4n) is 14.3. The predicted molar refractivity (Wildman–Crippen MR) is 573 cm³/mol. The van der Waals surface area contributed by atoms with Gasteiger partial charge in [-0.05, 0) is 320 Å². The van der Waals surface area contributed by atoms with E-state index in [1.807, 2.05) is 178 Å². The molecule has 7 amide bonds. The summed E-state index contributed by atoms with van der Waals surface area (Å²) in [5.74, 6) is -0.266. The van der Waals surface area contributed by atoms with Crippen molar-refractivity contribution in [2.45, 2.75) is 173 Å². The lowest BCUT2D eigenvalue weighted by atomic mass is 10.1. The molecule has 0 atom stereocenters. The van der Waals surface area contributed by atoms with Gasteiger partial charge >= 0.3 is 5.97 Å². The van der Waals surface area contributed by atoms with Gasteiger partial charge in [0, 0.05) is 109 Å². The van der Waals surface area contributed by atoms with Crippen molar-refractivity contribution < 1.29 is 105 Å². The van der Waals surface area contributed by atoms with Gasteiger partial charge in [-0.1, -0.05) is 157 Å². The van der Waals surface area contributed by atoms with Crippen molar-refractivity contribution in [3.05, 3.63) is 384 Å². The van der Waals surface area contributed by atoms with Crippen molar-refractivity contribution >= 4 is 87.1 Å². The third-order valence-corrected chi connectivity index (χ3v) is 23.3. The highest BCUT2D eigenvalue weighted by molar-refractivity contribution is 6.01. The molecule has 14 aromatic rings. The minimum atomic E-state index is -1.08. The molecule has 28 heteroatoms. The van der Waals surface area contributed by atoms with Gasteiger partial charge in [0.1, 0.15) is 69.0 Å². The fourth-order valence-corrected chi connectivity index (χ4v) is 14.3. The van der Waals surface area contributed by atoms with E-state index in [1.165, 1.54) is 48.5 Å². The Kier molecular flexibility index (Phi) is 44.2. The average molecular weight is 1980 g/mol. The molecule has 762 valence electrons. The molecule has 0 radical (unpaired) electrons. The maximum atomic E-state index is 12.0. The maximum absolute atomic E-state index is 12.0. The number of carbonyl (C=O) groups is 8. The fraction of sp³-hybridized carbons (Fsp3) is 0.220. The van der Waals surface area contributed by atoms with Crippen LogP contribution in [-0.2, 0) is 78.5 Å². The molecule has 146 heavy (non-hydrogen) atoms. The second kappa shape index (κ2) is 56.8. The van der Waals surface area contributed by atoms with Gasteiger partial charge in [-0.15, -0.1) is 0 Å². The quantitative estimate of drug-likeness (QED) is 0.0207. The summed E-state index contributed by atoms with van der Waals surface area (Å²) < 4.78 is 0. The van der Waals surface area contributed by atoms with Crippen LogP contribution in [0.15, 0.2) is 273 Å². The molecule has 0 aliphatic rings. The van der Waals surface area contributed by atoms with Crippen LogP contribution in [-0.4, -0.2) is 114 Å². The standard InChI is InChI=1S/C18H19NO4.3C17H19NO3.C17H19NO2.2C16H17NO3/c1-11-3-7-15(14(9-11)18(22)23)19-17(21)8-6-13-5-4-12(2)16(20)10-13;1-11-3-7-15(12(2)9-11)18-17(21)8-5-13-4-6-14(19)10-16(13)20;1-11-3-6-14(19)10-15(11)18-17(21)8-5-13-4-7-16(20)12(2)9-13;1-11-4-7-14(19)10-15(11)18-17(21)8-6-13-5-3-12(2)16(20)9-13;1-12-5-3-4-6-15(12)18-17(20)10-9-14-8-7-13(2)16(19)11-14;1-11-2-6-14(19)10-15(11)17-16(20)9-5-12-3-7-13(18)8-4-12;1-11-4-2-3-5-14(11)17-16(20)9-7-12-6-8-13(18)10-15(12)19/h3-5,7,9-10,20H,6,8H2,1-2H3,(H,19,21)(H,22,23);2*3-4,6-7,9-10,19-20H,5,8H2,1-2H3,(H,18,21);3-5,7,9-10,19-20H,6,8H2,1-2H3,(H,18,21);3-8,11,19H,9-10H2,1-2H3,(H,18,20);2-4,6-8,10,18-19H,5,9H2,1H3,(H,17,20);2-6,8,10,18-19H,7,9H2,1H3,(H,17,20). The molecule has 0 aliphatic heterocycles. The number of hydrogen-bond acceptors (Lipinski definition) is 20. The number of aromatic hydroxyl groups is 12. The van der Waals surface area contributed by atoms with Gasteiger partial charge in [-0.2, -0.15) is 0 Å². The molecule has 0 aromatic heterocycles. The van der Waals surface area contributed by atoms with Gasteiger partial charge in [-0.25, -0.2) is 4.79 Å². The number of para-hydroxylation sites is 2. The number of phenolic OH excluding ortho intramolecular Hbond substituents is 12. The molecular weight excluding hydrogens is 1850 g/mol. The molecule has 14 rings (SSSR count). The number of hydrogen-bond donors (Lipinski definition) is 20. The van der Waals surface area contributed by atoms with Crippen LogP contribution in [0.1, 0.15) is 161 Å². The smallest absolute Gasteiger partial charge is 0.337 e. The number of amides is 7. The first-order valence-corrected chi connectivity index (χ1v) is 47.3. The summed E-state index contributed by atoms with van der Waals surface area (Å²) in [6.45, 7) is 22.6. The molecular formula is C118H129N7O21. The number of carbonyl (C=O) groups excluding carboxylic acids is 7. The molecule has 28 nitrogen and oxygen atoms in total. The third kappa shape index (κ3) is 39.5. The van der Waals surface area contributed by atoms with E-state index in [4.69, 9.17) is 0 Å². The number of phenols is 12. The number of carboxylic acid groups (broad SMARTS) is 1. The van der Waals surface area contributed by atoms with Crippen LogP contribution in [0.25, 0.3) is 0 Å². The minimum Gasteiger partial charge on any atom is -0.508 e. The summed E-state index contributed by atoms with van der Waals surface area (Å²) in [6, 6.07) is 77.8. The van der Waals surface area contributed by atoms with Crippen molar-refractivity contribution in [3.8, 4) is 69.0 Å². The normalized spacial score (nSPS) is 10.3. The third-order valence-electron chi connectivity index (χ3n) is 23.3. The van der Waals surface area contributed by atoms with Crippen LogP contribution in [0.3, 0.4) is 0 Å². The SMILES string of the molecule is Cc1cc(CCC(=O)Nc2cc(O)ccc2C)ccc1O.Cc1ccc(CCC(=O)Nc2cc(O)ccc2C)cc1O.Cc1ccc(CCC(=O)Nc2ccccc2C)cc1O.Cc1ccc(NC(=O)CCc2ccc(C)c(O)c2)c(C(=O)O)c1.Cc1ccc(NC(=O)CCc2ccc(O)cc2O)c(C)c1.Cc1ccc(O)cc1NC(=O)CCc1ccc(O)cc1.Cc1ccccc1NC(=O)CCc1ccc(O)cc1O. The van der Waals surface area contributed by atoms with Crippen LogP contribution in [0.2, 0.25) is 0 Å². The molecule has 0 heterocycles. The van der Waals surface area contributed by atoms with Crippen LogP contribution >= 0.6 is 0 Å². The van der Waals surface area contributed by atoms with Gasteiger partial charge in [0.05, 0.1) is 11.3 Å². The van der Waals surface area contributed by atoms with Crippen molar-refractivity contribution in [2.75, 3.05) is 37.2 Å². The number of rotatable bonds is 29. The molecule has 0 bridgehead atoms. The maximum Gasteiger partial charge on any atom is 0.337 e. The van der Waals surface area contributed by atoms with Crippen molar-refractivity contribution in [2.24, 2.45) is 0 Å². The van der Waals surface area contributed by atoms with Crippen LogP contribution in [0.5, 0.6) is 69.0 Å². The summed E-state index contributed by atoms with van der Waals surface area (Å²) in [7, 11) is 0. The lowest BCUT2D eigenvalue weighted by Gasteiger charge is -2.10. The van der Waals surface area contributed by atoms with Gasteiger partial charge < -0.3 is 104 Å². The zero-order valence-electron chi connectivity index (χ0n) is 84.0. The summed E-state index contributed by atoms with van der Waals surface area (Å²) in [4.78, 5) is 94.8. The van der Waals surface area contributed by atoms with Gasteiger partial charge in [0.15, 0.2) is 0 Å². The zero-order valence-corrected chi connectivity index (χ0v) is 84.0. The van der Waals surface area contributed by atoms with E-state index in [0.717, 1.165) is 112 Å². The molecule has 0 aliphatic carbocycles. The Morgan fingerprint density at radius 2 is 0.459 bits per heavy atom. The van der Waals surface area contributed by atoms with Crippen molar-refractivity contribution in [1.29, 1.82) is 0 Å². The Morgan fingerprint density at radius 1 is 0.192 bits per heavy atom. The lowest BCUT2D eigenvalue weighted by molar-refractivity contribution is -0.117. The molecule has 0 saturated carbocycles. The topological polar surface area (TPSA) is 484 Å². The van der Waals surface area contributed by atoms with E-state index in [0.29, 0.717) is 105 Å². The Hall–Kier alpha value is -17.6. The number of aryl methyl sites for hydroxylation is 19. The number of nitrogens with one attached hydrogen (secondary N) is 7. The van der Waals surface area contributed by atoms with Gasteiger partial charge in [0.2, 0.25) is 41.4 Å². The Morgan fingerprint density at radius 3 is 0.795 bits per heavy atom. The summed E-state index contributed by atoms with van der Waals surface area (Å²) >= 11 is 0. The molecule has 14 aromatic carbocycles. The van der Waals surface area contributed by atoms with E-state index in [9.17, 15) is 105 Å². The average Bonchev–Trinajstić information content (AvgIpc) is 0.839. The van der Waals surface area contributed by atoms with Crippen LogP contribution in [0.4, 0.5) is 39.8 Å². The van der Waals surface area contributed by atoms with E-state index in [1.54, 1.807) is 129 Å². The molecule has 0 unspecified atom stereocenters. The molecule has 20 N–H and O–H groups in total. The van der Waals surface area contributed by atoms with Crippen LogP contribution < -0.4 is 37.2 Å². The monoisotopic (exact) mass is 1980 g/mol.